The minimum atomic E-state index is -1.26. The second kappa shape index (κ2) is 10.7. The van der Waals surface area contributed by atoms with Gasteiger partial charge >= 0.3 is 0 Å². The lowest BCUT2D eigenvalue weighted by Gasteiger charge is -2.35. The van der Waals surface area contributed by atoms with Crippen molar-refractivity contribution in [1.29, 1.82) is 0 Å². The summed E-state index contributed by atoms with van der Waals surface area (Å²) in [4.78, 5) is 0. The van der Waals surface area contributed by atoms with Crippen molar-refractivity contribution in [2.24, 2.45) is 0 Å². The van der Waals surface area contributed by atoms with Crippen molar-refractivity contribution in [2.75, 3.05) is 0 Å². The molecule has 0 aliphatic rings. The molecule has 1 heteroatoms. The van der Waals surface area contributed by atoms with Crippen molar-refractivity contribution in [3.05, 3.63) is 108 Å². The van der Waals surface area contributed by atoms with Crippen LogP contribution >= 0.6 is 0 Å². The van der Waals surface area contributed by atoms with Gasteiger partial charge in [0, 0.05) is 0 Å². The van der Waals surface area contributed by atoms with E-state index in [4.69, 9.17) is 0 Å². The molecule has 0 radical (unpaired) electrons. The summed E-state index contributed by atoms with van der Waals surface area (Å²) >= 11 is -1.26. The highest BCUT2D eigenvalue weighted by Crippen LogP contribution is 2.41. The van der Waals surface area contributed by atoms with Crippen LogP contribution in [0.3, 0.4) is 0 Å². The van der Waals surface area contributed by atoms with E-state index >= 15 is 0 Å². The highest BCUT2D eigenvalue weighted by atomic mass is 27.2. The number of hydrogen-bond acceptors (Lipinski definition) is 0. The van der Waals surface area contributed by atoms with Gasteiger partial charge in [0.05, 0.1) is 0 Å². The molecule has 3 rings (SSSR count). The fourth-order valence-electron chi connectivity index (χ4n) is 5.13. The molecule has 0 aliphatic carbocycles. The van der Waals surface area contributed by atoms with Crippen LogP contribution in [-0.2, 0) is 0 Å². The molecule has 0 heterocycles. The maximum absolute atomic E-state index is 2.40. The van der Waals surface area contributed by atoms with Crippen molar-refractivity contribution in [1.82, 2.24) is 0 Å². The molecule has 0 saturated carbocycles. The predicted octanol–water partition coefficient (Wildman–Crippen LogP) is 7.68. The predicted molar refractivity (Wildman–Crippen MR) is 124 cm³/mol. The van der Waals surface area contributed by atoms with Crippen molar-refractivity contribution in [3.8, 4) is 0 Å². The summed E-state index contributed by atoms with van der Waals surface area (Å²) in [6.07, 6.45) is 3.69. The summed E-state index contributed by atoms with van der Waals surface area (Å²) in [6, 6.07) is 33.9. The number of rotatable bonds is 9. The first-order valence-electron chi connectivity index (χ1n) is 10.9. The smallest absolute Gasteiger partial charge is 0.0660 e. The molecule has 144 valence electrons. The molecule has 3 aromatic rings. The maximum atomic E-state index is 2.40. The minimum Gasteiger partial charge on any atom is -0.0660 e. The van der Waals surface area contributed by atoms with Gasteiger partial charge in [0.2, 0.25) is 0 Å². The topological polar surface area (TPSA) is 0 Å². The van der Waals surface area contributed by atoms with Crippen LogP contribution in [0.4, 0.5) is 0 Å². The second-order valence-corrected chi connectivity index (χ2v) is 11.4. The summed E-state index contributed by atoms with van der Waals surface area (Å²) in [5, 5.41) is 0. The minimum absolute atomic E-state index is 0.691. The molecule has 0 nitrogen and oxygen atoms in total. The molecule has 3 unspecified atom stereocenters. The van der Waals surface area contributed by atoms with Crippen molar-refractivity contribution in [3.63, 3.8) is 0 Å². The largest absolute Gasteiger partial charge is 0.289 e. The monoisotopic (exact) mass is 384 g/mol. The van der Waals surface area contributed by atoms with Crippen molar-refractivity contribution in [2.45, 2.75) is 54.4 Å². The van der Waals surface area contributed by atoms with Crippen LogP contribution in [0, 0.1) is 0 Å². The normalized spacial score (nSPS) is 14.2. The van der Waals surface area contributed by atoms with Crippen LogP contribution in [0.15, 0.2) is 91.0 Å². The summed E-state index contributed by atoms with van der Waals surface area (Å²) in [6.45, 7) is 7.19. The SMILES string of the molecule is CC[CH](c1ccccc1)[Al]([CH](CC)c1ccccc1)[CH](CC)c1ccccc1. The highest BCUT2D eigenvalue weighted by molar-refractivity contribution is 6.63. The van der Waals surface area contributed by atoms with Gasteiger partial charge in [-0.1, -0.05) is 162 Å². The van der Waals surface area contributed by atoms with E-state index in [2.05, 4.69) is 112 Å². The van der Waals surface area contributed by atoms with E-state index in [9.17, 15) is 0 Å². The van der Waals surface area contributed by atoms with Crippen LogP contribution in [0.1, 0.15) is 71.1 Å². The maximum Gasteiger partial charge on any atom is 0.289 e. The van der Waals surface area contributed by atoms with E-state index in [0.717, 1.165) is 0 Å². The third-order valence-electron chi connectivity index (χ3n) is 6.40. The van der Waals surface area contributed by atoms with Gasteiger partial charge in [-0.15, -0.1) is 0 Å². The first-order valence-corrected chi connectivity index (χ1v) is 12.9. The van der Waals surface area contributed by atoms with E-state index < -0.39 is 14.1 Å². The third-order valence-corrected chi connectivity index (χ3v) is 11.8. The summed E-state index contributed by atoms with van der Waals surface area (Å²) < 4.78 is 2.07. The van der Waals surface area contributed by atoms with Crippen molar-refractivity contribution >= 4 is 14.1 Å². The summed E-state index contributed by atoms with van der Waals surface area (Å²) in [5.41, 5.74) is 4.64. The van der Waals surface area contributed by atoms with Crippen LogP contribution in [0.25, 0.3) is 0 Å². The van der Waals surface area contributed by atoms with Gasteiger partial charge in [-0.25, -0.2) is 0 Å². The second-order valence-electron chi connectivity index (χ2n) is 7.85. The van der Waals surface area contributed by atoms with E-state index in [1.807, 2.05) is 0 Å². The standard InChI is InChI=1S/3C9H11.Al/c3*1-2-6-9-7-4-3-5-8-9;/h3*3-8H,2H2,1H3;. The molecule has 0 N–H and O–H groups in total. The van der Waals surface area contributed by atoms with Crippen LogP contribution in [0.5, 0.6) is 0 Å². The third kappa shape index (κ3) is 4.78. The van der Waals surface area contributed by atoms with Crippen LogP contribution in [0.2, 0.25) is 0 Å². The van der Waals surface area contributed by atoms with Gasteiger partial charge in [0.25, 0.3) is 14.1 Å². The average Bonchev–Trinajstić information content (AvgIpc) is 2.77. The van der Waals surface area contributed by atoms with E-state index in [-0.39, 0.29) is 0 Å². The van der Waals surface area contributed by atoms with E-state index in [1.165, 1.54) is 19.3 Å². The molecule has 0 bridgehead atoms. The number of hydrogen-bond donors (Lipinski definition) is 0. The Labute approximate surface area is 176 Å². The quantitative estimate of drug-likeness (QED) is 0.332. The Balaban J connectivity index is 2.11. The molecule has 3 atom stereocenters. The van der Waals surface area contributed by atoms with E-state index in [1.54, 1.807) is 16.7 Å². The molecule has 28 heavy (non-hydrogen) atoms. The Bertz CT molecular complexity index is 685. The number of benzene rings is 3. The zero-order chi connectivity index (χ0) is 19.8. The molecule has 0 fully saturated rings. The lowest BCUT2D eigenvalue weighted by atomic mass is 10.1. The Morgan fingerprint density at radius 2 is 0.714 bits per heavy atom. The molecule has 0 amide bonds. The van der Waals surface area contributed by atoms with Gasteiger partial charge in [0.1, 0.15) is 0 Å². The molecule has 0 saturated heterocycles. The lowest BCUT2D eigenvalue weighted by Crippen LogP contribution is -2.38. The zero-order valence-electron chi connectivity index (χ0n) is 17.6. The first kappa shape index (κ1) is 20.9. The molecule has 0 aliphatic heterocycles. The Morgan fingerprint density at radius 1 is 0.464 bits per heavy atom. The molecule has 0 spiro atoms. The highest BCUT2D eigenvalue weighted by Gasteiger charge is 2.41. The Hall–Kier alpha value is -1.81. The lowest BCUT2D eigenvalue weighted by molar-refractivity contribution is 0.719. The zero-order valence-corrected chi connectivity index (χ0v) is 18.7. The van der Waals surface area contributed by atoms with Gasteiger partial charge in [-0.05, 0) is 0 Å². The van der Waals surface area contributed by atoms with Crippen LogP contribution in [-0.4, -0.2) is 14.1 Å². The van der Waals surface area contributed by atoms with Gasteiger partial charge in [0.15, 0.2) is 0 Å². The molecular formula is C27H33Al. The van der Waals surface area contributed by atoms with Gasteiger partial charge in [-0.2, -0.15) is 0 Å². The fourth-order valence-corrected chi connectivity index (χ4v) is 10.4. The van der Waals surface area contributed by atoms with Gasteiger partial charge in [-0.3, -0.25) is 0 Å². The Kier molecular flexibility index (Phi) is 7.96. The van der Waals surface area contributed by atoms with E-state index in [0.29, 0.717) is 14.3 Å². The molecule has 0 aromatic heterocycles. The average molecular weight is 385 g/mol. The van der Waals surface area contributed by atoms with Crippen molar-refractivity contribution < 1.29 is 0 Å². The van der Waals surface area contributed by atoms with Gasteiger partial charge < -0.3 is 0 Å². The molecule has 3 aromatic carbocycles. The molecular weight excluding hydrogens is 351 g/mol. The summed E-state index contributed by atoms with van der Waals surface area (Å²) in [5.74, 6) is 0. The summed E-state index contributed by atoms with van der Waals surface area (Å²) in [7, 11) is 0. The fraction of sp³-hybridized carbons (Fsp3) is 0.333. The van der Waals surface area contributed by atoms with Crippen LogP contribution < -0.4 is 0 Å². The first-order chi connectivity index (χ1) is 13.8. The Morgan fingerprint density at radius 3 is 0.929 bits per heavy atom.